The van der Waals surface area contributed by atoms with Crippen LogP contribution in [0.2, 0.25) is 0 Å². The molecule has 2 aromatic carbocycles. The van der Waals surface area contributed by atoms with E-state index >= 15 is 0 Å². The highest BCUT2D eigenvalue weighted by Gasteiger charge is 2.27. The molecule has 0 aliphatic rings. The zero-order valence-corrected chi connectivity index (χ0v) is 18.7. The van der Waals surface area contributed by atoms with E-state index in [2.05, 4.69) is 15.6 Å². The van der Waals surface area contributed by atoms with Crippen molar-refractivity contribution in [3.8, 4) is 0 Å². The zero-order chi connectivity index (χ0) is 24.3. The van der Waals surface area contributed by atoms with Crippen molar-refractivity contribution < 1.29 is 19.2 Å². The Bertz CT molecular complexity index is 1090. The third-order valence-electron chi connectivity index (χ3n) is 5.29. The van der Waals surface area contributed by atoms with E-state index in [1.807, 2.05) is 42.5 Å². The molecule has 3 rings (SSSR count). The molecule has 0 spiro atoms. The van der Waals surface area contributed by atoms with Crippen molar-refractivity contribution in [2.24, 2.45) is 0 Å². The molecule has 3 aromatic rings. The fourth-order valence-corrected chi connectivity index (χ4v) is 3.45. The highest BCUT2D eigenvalue weighted by atomic mass is 16.6. The van der Waals surface area contributed by atoms with Crippen molar-refractivity contribution in [1.29, 1.82) is 0 Å². The summed E-state index contributed by atoms with van der Waals surface area (Å²) in [5, 5.41) is 16.9. The number of ether oxygens (including phenoxy) is 1. The molecule has 34 heavy (non-hydrogen) atoms. The summed E-state index contributed by atoms with van der Waals surface area (Å²) in [6, 6.07) is 17.6. The number of amides is 1. The van der Waals surface area contributed by atoms with Gasteiger partial charge in [-0.15, -0.1) is 0 Å². The molecule has 1 amide bonds. The molecule has 0 aliphatic carbocycles. The number of rotatable bonds is 11. The van der Waals surface area contributed by atoms with Crippen molar-refractivity contribution in [3.63, 3.8) is 0 Å². The van der Waals surface area contributed by atoms with E-state index in [4.69, 9.17) is 4.74 Å². The summed E-state index contributed by atoms with van der Waals surface area (Å²) >= 11 is 0. The van der Waals surface area contributed by atoms with Gasteiger partial charge < -0.3 is 15.4 Å². The number of aromatic nitrogens is 1. The molecular weight excluding hydrogens is 436 g/mol. The Morgan fingerprint density at radius 3 is 2.15 bits per heavy atom. The van der Waals surface area contributed by atoms with Crippen molar-refractivity contribution >= 4 is 17.6 Å². The van der Waals surface area contributed by atoms with Crippen LogP contribution in [0.5, 0.6) is 0 Å². The number of esters is 1. The van der Waals surface area contributed by atoms with Crippen LogP contribution in [0.4, 0.5) is 5.69 Å². The van der Waals surface area contributed by atoms with E-state index < -0.39 is 23.0 Å². The maximum absolute atomic E-state index is 13.3. The lowest BCUT2D eigenvalue weighted by Crippen LogP contribution is -2.51. The number of nitrogens with zero attached hydrogens (tertiary/aromatic N) is 2. The summed E-state index contributed by atoms with van der Waals surface area (Å²) in [5.41, 5.74) is 2.54. The minimum Gasteiger partial charge on any atom is -0.467 e. The van der Waals surface area contributed by atoms with Crippen LogP contribution in [0.3, 0.4) is 0 Å². The van der Waals surface area contributed by atoms with Gasteiger partial charge in [0.25, 0.3) is 5.69 Å². The lowest BCUT2D eigenvalue weighted by atomic mass is 10.0. The van der Waals surface area contributed by atoms with Crippen molar-refractivity contribution in [2.75, 3.05) is 7.11 Å². The molecule has 0 saturated carbocycles. The molecule has 9 nitrogen and oxygen atoms in total. The first-order chi connectivity index (χ1) is 16.5. The Hall–Kier alpha value is -4.11. The van der Waals surface area contributed by atoms with Gasteiger partial charge in [-0.05, 0) is 35.2 Å². The molecule has 0 aliphatic heterocycles. The van der Waals surface area contributed by atoms with Crippen molar-refractivity contribution in [3.05, 3.63) is 106 Å². The molecule has 176 valence electrons. The molecule has 2 N–H and O–H groups in total. The fourth-order valence-electron chi connectivity index (χ4n) is 3.45. The maximum Gasteiger partial charge on any atom is 0.328 e. The highest BCUT2D eigenvalue weighted by Crippen LogP contribution is 2.14. The van der Waals surface area contributed by atoms with Crippen LogP contribution in [0.25, 0.3) is 0 Å². The van der Waals surface area contributed by atoms with Gasteiger partial charge in [0.2, 0.25) is 5.91 Å². The summed E-state index contributed by atoms with van der Waals surface area (Å²) in [5.74, 6) is -0.950. The van der Waals surface area contributed by atoms with Crippen LogP contribution in [-0.4, -0.2) is 41.0 Å². The first-order valence-electron chi connectivity index (χ1n) is 10.7. The second-order valence-corrected chi connectivity index (χ2v) is 7.69. The first kappa shape index (κ1) is 24.5. The Balaban J connectivity index is 1.74. The summed E-state index contributed by atoms with van der Waals surface area (Å²) in [6.07, 6.45) is 3.92. The van der Waals surface area contributed by atoms with Gasteiger partial charge in [0.15, 0.2) is 0 Å². The van der Waals surface area contributed by atoms with Gasteiger partial charge in [0.1, 0.15) is 6.04 Å². The van der Waals surface area contributed by atoms with Gasteiger partial charge >= 0.3 is 5.97 Å². The second-order valence-electron chi connectivity index (χ2n) is 7.69. The van der Waals surface area contributed by atoms with Gasteiger partial charge in [-0.3, -0.25) is 19.9 Å². The molecule has 0 radical (unpaired) electrons. The third-order valence-corrected chi connectivity index (χ3v) is 5.29. The topological polar surface area (TPSA) is 123 Å². The van der Waals surface area contributed by atoms with E-state index in [9.17, 15) is 19.7 Å². The molecule has 2 atom stereocenters. The van der Waals surface area contributed by atoms with Crippen LogP contribution in [0.15, 0.2) is 79.1 Å². The number of methoxy groups -OCH3 is 1. The lowest BCUT2D eigenvalue weighted by Gasteiger charge is -2.23. The van der Waals surface area contributed by atoms with Gasteiger partial charge in [0.05, 0.1) is 18.1 Å². The number of carbonyl (C=O) groups excluding carboxylic acids is 2. The Morgan fingerprint density at radius 2 is 1.53 bits per heavy atom. The van der Waals surface area contributed by atoms with Crippen LogP contribution in [0.1, 0.15) is 16.7 Å². The Morgan fingerprint density at radius 1 is 0.912 bits per heavy atom. The lowest BCUT2D eigenvalue weighted by molar-refractivity contribution is -0.384. The standard InChI is InChI=1S/C25H26N4O5/c1-34-25(31)23(16-19-7-9-21(10-8-19)29(32)33)28-24(30)22(15-18-5-3-2-4-6-18)27-17-20-11-13-26-14-12-20/h2-14,22-23,27H,15-17H2,1H3,(H,28,30)/t22-,23-/m0/s1. The number of carbonyl (C=O) groups is 2. The predicted molar refractivity (Wildman–Crippen MR) is 126 cm³/mol. The number of nitro benzene ring substituents is 1. The van der Waals surface area contributed by atoms with Crippen LogP contribution < -0.4 is 10.6 Å². The molecular formula is C25H26N4O5. The number of nitrogens with one attached hydrogen (secondary N) is 2. The van der Waals surface area contributed by atoms with Crippen molar-refractivity contribution in [2.45, 2.75) is 31.5 Å². The number of benzene rings is 2. The Kier molecular flexibility index (Phi) is 8.81. The molecule has 1 aromatic heterocycles. The fraction of sp³-hybridized carbons (Fsp3) is 0.240. The summed E-state index contributed by atoms with van der Waals surface area (Å²) in [7, 11) is 1.25. The van der Waals surface area contributed by atoms with Crippen LogP contribution in [0, 0.1) is 10.1 Å². The van der Waals surface area contributed by atoms with E-state index in [0.29, 0.717) is 18.5 Å². The first-order valence-corrected chi connectivity index (χ1v) is 10.7. The third kappa shape index (κ3) is 7.21. The van der Waals surface area contributed by atoms with Crippen molar-refractivity contribution in [1.82, 2.24) is 15.6 Å². The number of hydrogen-bond acceptors (Lipinski definition) is 7. The number of nitro groups is 1. The summed E-state index contributed by atoms with van der Waals surface area (Å²) in [4.78, 5) is 40.1. The molecule has 1 heterocycles. The number of hydrogen-bond donors (Lipinski definition) is 2. The van der Waals surface area contributed by atoms with E-state index in [1.54, 1.807) is 24.5 Å². The Labute approximate surface area is 197 Å². The molecule has 0 bridgehead atoms. The normalized spacial score (nSPS) is 12.4. The maximum atomic E-state index is 13.3. The van der Waals surface area contributed by atoms with E-state index in [0.717, 1.165) is 11.1 Å². The minimum absolute atomic E-state index is 0.0503. The summed E-state index contributed by atoms with van der Waals surface area (Å²) < 4.78 is 4.89. The van der Waals surface area contributed by atoms with E-state index in [-0.39, 0.29) is 18.0 Å². The van der Waals surface area contributed by atoms with Crippen LogP contribution >= 0.6 is 0 Å². The smallest absolute Gasteiger partial charge is 0.328 e. The second kappa shape index (κ2) is 12.2. The zero-order valence-electron chi connectivity index (χ0n) is 18.7. The number of pyridine rings is 1. The van der Waals surface area contributed by atoms with Gasteiger partial charge in [-0.25, -0.2) is 4.79 Å². The average molecular weight is 463 g/mol. The predicted octanol–water partition coefficient (Wildman–Crippen LogP) is 2.59. The molecule has 9 heteroatoms. The van der Waals surface area contributed by atoms with Crippen LogP contribution in [-0.2, 0) is 33.7 Å². The number of non-ortho nitro benzene ring substituents is 1. The largest absolute Gasteiger partial charge is 0.467 e. The van der Waals surface area contributed by atoms with E-state index in [1.165, 1.54) is 19.2 Å². The van der Waals surface area contributed by atoms with Gasteiger partial charge in [-0.2, -0.15) is 0 Å². The molecule has 0 saturated heterocycles. The highest BCUT2D eigenvalue weighted by molar-refractivity contribution is 5.88. The average Bonchev–Trinajstić information content (AvgIpc) is 2.87. The quantitative estimate of drug-likeness (QED) is 0.255. The summed E-state index contributed by atoms with van der Waals surface area (Å²) in [6.45, 7) is 0.443. The SMILES string of the molecule is COC(=O)[C@H](Cc1ccc([N+](=O)[O-])cc1)NC(=O)[C@H](Cc1ccccc1)NCc1ccncc1. The van der Waals surface area contributed by atoms with Gasteiger partial charge in [0, 0.05) is 37.5 Å². The minimum atomic E-state index is -0.944. The molecule has 0 unspecified atom stereocenters. The van der Waals surface area contributed by atoms with Gasteiger partial charge in [-0.1, -0.05) is 42.5 Å². The molecule has 0 fully saturated rings. The monoisotopic (exact) mass is 462 g/mol.